The highest BCUT2D eigenvalue weighted by Crippen LogP contribution is 2.12. The summed E-state index contributed by atoms with van der Waals surface area (Å²) in [5.41, 5.74) is 0.319. The van der Waals surface area contributed by atoms with Gasteiger partial charge in [-0.1, -0.05) is 12.1 Å². The van der Waals surface area contributed by atoms with E-state index in [1.165, 1.54) is 19.3 Å². The first kappa shape index (κ1) is 15.7. The third-order valence-corrected chi connectivity index (χ3v) is 2.46. The van der Waals surface area contributed by atoms with Crippen molar-refractivity contribution in [2.45, 2.75) is 6.04 Å². The minimum atomic E-state index is -1.16. The minimum absolute atomic E-state index is 0.128. The molecule has 108 valence electrons. The molecule has 0 fully saturated rings. The van der Waals surface area contributed by atoms with Gasteiger partial charge < -0.3 is 19.9 Å². The van der Waals surface area contributed by atoms with Crippen molar-refractivity contribution >= 4 is 11.9 Å². The van der Waals surface area contributed by atoms with Crippen molar-refractivity contribution in [1.29, 1.82) is 0 Å². The van der Waals surface area contributed by atoms with Crippen LogP contribution in [0.15, 0.2) is 36.9 Å². The van der Waals surface area contributed by atoms with Crippen LogP contribution in [0.3, 0.4) is 0 Å². The molecule has 0 saturated heterocycles. The first-order chi connectivity index (χ1) is 9.58. The van der Waals surface area contributed by atoms with E-state index >= 15 is 0 Å². The molecule has 1 rings (SSSR count). The molecule has 1 amide bonds. The average Bonchev–Trinajstić information content (AvgIpc) is 2.46. The minimum Gasteiger partial charge on any atom is -0.497 e. The van der Waals surface area contributed by atoms with Crippen molar-refractivity contribution in [2.24, 2.45) is 0 Å². The van der Waals surface area contributed by atoms with Gasteiger partial charge >= 0.3 is 5.97 Å². The Hall–Kier alpha value is -2.34. The number of carbonyl (C=O) groups is 2. The second-order valence-electron chi connectivity index (χ2n) is 3.92. The molecule has 0 heterocycles. The van der Waals surface area contributed by atoms with Gasteiger partial charge in [0.25, 0.3) is 5.91 Å². The molecular formula is C14H17NO5. The predicted octanol–water partition coefficient (Wildman–Crippen LogP) is 1.08. The fourth-order valence-electron chi connectivity index (χ4n) is 1.45. The number of carboxylic acids is 1. The van der Waals surface area contributed by atoms with Crippen LogP contribution in [0.2, 0.25) is 0 Å². The summed E-state index contributed by atoms with van der Waals surface area (Å²) in [4.78, 5) is 23.0. The molecule has 0 radical (unpaired) electrons. The van der Waals surface area contributed by atoms with E-state index in [2.05, 4.69) is 11.9 Å². The van der Waals surface area contributed by atoms with E-state index in [1.54, 1.807) is 18.2 Å². The number of hydrogen-bond acceptors (Lipinski definition) is 4. The van der Waals surface area contributed by atoms with Gasteiger partial charge in [-0.25, -0.2) is 4.79 Å². The number of rotatable bonds is 8. The van der Waals surface area contributed by atoms with Gasteiger partial charge in [0.15, 0.2) is 6.04 Å². The molecule has 6 heteroatoms. The van der Waals surface area contributed by atoms with E-state index in [-0.39, 0.29) is 13.2 Å². The molecule has 1 unspecified atom stereocenters. The normalized spacial score (nSPS) is 11.4. The molecule has 0 bridgehead atoms. The molecule has 20 heavy (non-hydrogen) atoms. The van der Waals surface area contributed by atoms with Crippen LogP contribution in [-0.2, 0) is 9.53 Å². The molecule has 1 atom stereocenters. The summed E-state index contributed by atoms with van der Waals surface area (Å²) in [6.07, 6.45) is 1.50. The van der Waals surface area contributed by atoms with E-state index in [4.69, 9.17) is 14.6 Å². The second-order valence-corrected chi connectivity index (χ2v) is 3.92. The molecule has 0 aromatic heterocycles. The Morgan fingerprint density at radius 2 is 2.25 bits per heavy atom. The fourth-order valence-corrected chi connectivity index (χ4v) is 1.45. The highest BCUT2D eigenvalue weighted by molar-refractivity contribution is 5.96. The summed E-state index contributed by atoms with van der Waals surface area (Å²) in [7, 11) is 1.49. The number of ether oxygens (including phenoxy) is 2. The van der Waals surface area contributed by atoms with Crippen molar-refractivity contribution in [2.75, 3.05) is 20.3 Å². The van der Waals surface area contributed by atoms with Gasteiger partial charge in [0, 0.05) is 5.56 Å². The van der Waals surface area contributed by atoms with Crippen molar-refractivity contribution in [3.05, 3.63) is 42.5 Å². The van der Waals surface area contributed by atoms with Gasteiger partial charge in [0.05, 0.1) is 20.3 Å². The van der Waals surface area contributed by atoms with Crippen LogP contribution in [-0.4, -0.2) is 43.3 Å². The zero-order chi connectivity index (χ0) is 15.0. The number of carboxylic acid groups (broad SMARTS) is 1. The van der Waals surface area contributed by atoms with E-state index < -0.39 is 17.9 Å². The number of benzene rings is 1. The lowest BCUT2D eigenvalue weighted by Crippen LogP contribution is -2.44. The molecular weight excluding hydrogens is 262 g/mol. The van der Waals surface area contributed by atoms with E-state index in [1.807, 2.05) is 0 Å². The Morgan fingerprint density at radius 3 is 2.85 bits per heavy atom. The molecule has 0 aliphatic carbocycles. The number of hydrogen-bond donors (Lipinski definition) is 2. The highest BCUT2D eigenvalue weighted by atomic mass is 16.5. The maximum absolute atomic E-state index is 12.0. The quantitative estimate of drug-likeness (QED) is 0.549. The predicted molar refractivity (Wildman–Crippen MR) is 72.9 cm³/mol. The average molecular weight is 279 g/mol. The number of nitrogens with one attached hydrogen (secondary N) is 1. The molecule has 6 nitrogen and oxygen atoms in total. The number of carbonyl (C=O) groups excluding carboxylic acids is 1. The summed E-state index contributed by atoms with van der Waals surface area (Å²) in [5.74, 6) is -1.14. The van der Waals surface area contributed by atoms with Gasteiger partial charge in [0.1, 0.15) is 5.75 Å². The van der Waals surface area contributed by atoms with Crippen LogP contribution in [0.25, 0.3) is 0 Å². The molecule has 0 saturated carbocycles. The summed E-state index contributed by atoms with van der Waals surface area (Å²) >= 11 is 0. The first-order valence-corrected chi connectivity index (χ1v) is 5.95. The van der Waals surface area contributed by atoms with E-state index in [0.29, 0.717) is 11.3 Å². The Labute approximate surface area is 117 Å². The second kappa shape index (κ2) is 7.96. The number of aliphatic carboxylic acids is 1. The van der Waals surface area contributed by atoms with Gasteiger partial charge in [0.2, 0.25) is 0 Å². The lowest BCUT2D eigenvalue weighted by molar-refractivity contribution is -0.140. The summed E-state index contributed by atoms with van der Waals surface area (Å²) < 4.78 is 10.1. The number of amides is 1. The monoisotopic (exact) mass is 279 g/mol. The van der Waals surface area contributed by atoms with Gasteiger partial charge in [-0.2, -0.15) is 0 Å². The molecule has 1 aromatic rings. The summed E-state index contributed by atoms with van der Waals surface area (Å²) in [6.45, 7) is 3.55. The summed E-state index contributed by atoms with van der Waals surface area (Å²) in [5, 5.41) is 11.4. The Balaban J connectivity index is 2.69. The van der Waals surface area contributed by atoms with Crippen molar-refractivity contribution in [1.82, 2.24) is 5.32 Å². The van der Waals surface area contributed by atoms with Crippen molar-refractivity contribution in [3.8, 4) is 5.75 Å². The van der Waals surface area contributed by atoms with Crippen LogP contribution in [0.4, 0.5) is 0 Å². The third kappa shape index (κ3) is 4.74. The highest BCUT2D eigenvalue weighted by Gasteiger charge is 2.20. The lowest BCUT2D eigenvalue weighted by atomic mass is 10.2. The zero-order valence-corrected chi connectivity index (χ0v) is 11.2. The maximum atomic E-state index is 12.0. The Morgan fingerprint density at radius 1 is 1.50 bits per heavy atom. The summed E-state index contributed by atoms with van der Waals surface area (Å²) in [6, 6.07) is 5.32. The first-order valence-electron chi connectivity index (χ1n) is 5.95. The molecule has 0 spiro atoms. The topological polar surface area (TPSA) is 84.9 Å². The van der Waals surface area contributed by atoms with Crippen LogP contribution >= 0.6 is 0 Å². The standard InChI is InChI=1S/C14H17NO5/c1-3-7-20-9-12(14(17)18)15-13(16)10-5-4-6-11(8-10)19-2/h3-6,8,12H,1,7,9H2,2H3,(H,15,16)(H,17,18). The van der Waals surface area contributed by atoms with Crippen molar-refractivity contribution in [3.63, 3.8) is 0 Å². The van der Waals surface area contributed by atoms with Crippen LogP contribution < -0.4 is 10.1 Å². The van der Waals surface area contributed by atoms with Crippen LogP contribution in [0, 0.1) is 0 Å². The van der Waals surface area contributed by atoms with E-state index in [9.17, 15) is 9.59 Å². The van der Waals surface area contributed by atoms with Gasteiger partial charge in [-0.05, 0) is 18.2 Å². The number of methoxy groups -OCH3 is 1. The fraction of sp³-hybridized carbons (Fsp3) is 0.286. The Kier molecular flexibility index (Phi) is 6.25. The van der Waals surface area contributed by atoms with Crippen LogP contribution in [0.5, 0.6) is 5.75 Å². The third-order valence-electron chi connectivity index (χ3n) is 2.46. The SMILES string of the molecule is C=CCOCC(NC(=O)c1cccc(OC)c1)C(=O)O. The maximum Gasteiger partial charge on any atom is 0.328 e. The van der Waals surface area contributed by atoms with Gasteiger partial charge in [-0.3, -0.25) is 4.79 Å². The molecule has 1 aromatic carbocycles. The molecule has 0 aliphatic heterocycles. The Bertz CT molecular complexity index is 486. The van der Waals surface area contributed by atoms with Crippen LogP contribution in [0.1, 0.15) is 10.4 Å². The zero-order valence-electron chi connectivity index (χ0n) is 11.2. The molecule has 0 aliphatic rings. The lowest BCUT2D eigenvalue weighted by Gasteiger charge is -2.14. The van der Waals surface area contributed by atoms with Crippen molar-refractivity contribution < 1.29 is 24.2 Å². The smallest absolute Gasteiger partial charge is 0.328 e. The molecule has 2 N–H and O–H groups in total. The van der Waals surface area contributed by atoms with Gasteiger partial charge in [-0.15, -0.1) is 6.58 Å². The van der Waals surface area contributed by atoms with E-state index in [0.717, 1.165) is 0 Å². The largest absolute Gasteiger partial charge is 0.497 e.